The quantitative estimate of drug-likeness (QED) is 0.901. The van der Waals surface area contributed by atoms with Gasteiger partial charge in [0.25, 0.3) is 0 Å². The Balaban J connectivity index is 1.61. The number of benzene rings is 1. The molecule has 2 aromatic rings. The van der Waals surface area contributed by atoms with Crippen molar-refractivity contribution in [3.8, 4) is 0 Å². The van der Waals surface area contributed by atoms with Crippen LogP contribution in [0.15, 0.2) is 36.5 Å². The molecule has 0 bridgehead atoms. The van der Waals surface area contributed by atoms with Crippen LogP contribution in [0.2, 0.25) is 0 Å². The highest BCUT2D eigenvalue weighted by Gasteiger charge is 2.25. The highest BCUT2D eigenvalue weighted by molar-refractivity contribution is 5.90. The molecule has 1 aliphatic rings. The molecule has 2 N–H and O–H groups in total. The van der Waals surface area contributed by atoms with Crippen LogP contribution in [0.3, 0.4) is 0 Å². The fraction of sp³-hybridized carbons (Fsp3) is 0.412. The molecule has 110 valence electrons. The Morgan fingerprint density at radius 1 is 1.19 bits per heavy atom. The first kappa shape index (κ1) is 13.9. The van der Waals surface area contributed by atoms with E-state index in [0.29, 0.717) is 5.92 Å². The summed E-state index contributed by atoms with van der Waals surface area (Å²) in [5, 5.41) is 13.7. The third-order valence-electron chi connectivity index (χ3n) is 4.43. The molecule has 0 unspecified atom stereocenters. The molecule has 0 radical (unpaired) electrons. The summed E-state index contributed by atoms with van der Waals surface area (Å²) in [5.41, 5.74) is 2.11. The number of fused-ring (bicyclic) bond motifs is 1. The largest absolute Gasteiger partial charge is 0.481 e. The maximum atomic E-state index is 11.0. The lowest BCUT2D eigenvalue weighted by molar-refractivity contribution is -0.143. The zero-order chi connectivity index (χ0) is 14.7. The number of aliphatic carboxylic acids is 1. The van der Waals surface area contributed by atoms with Gasteiger partial charge in [0.1, 0.15) is 0 Å². The van der Waals surface area contributed by atoms with Gasteiger partial charge in [-0.3, -0.25) is 9.78 Å². The van der Waals surface area contributed by atoms with E-state index in [9.17, 15) is 4.79 Å². The van der Waals surface area contributed by atoms with Gasteiger partial charge in [-0.15, -0.1) is 0 Å². The number of nitrogens with one attached hydrogen (secondary N) is 1. The van der Waals surface area contributed by atoms with Gasteiger partial charge < -0.3 is 10.4 Å². The van der Waals surface area contributed by atoms with Crippen molar-refractivity contribution in [2.24, 2.45) is 11.8 Å². The average Bonchev–Trinajstić information content (AvgIpc) is 2.53. The third-order valence-corrected chi connectivity index (χ3v) is 4.43. The van der Waals surface area contributed by atoms with E-state index in [1.807, 2.05) is 30.5 Å². The van der Waals surface area contributed by atoms with Crippen molar-refractivity contribution in [2.45, 2.75) is 25.7 Å². The summed E-state index contributed by atoms with van der Waals surface area (Å²) < 4.78 is 0. The predicted molar refractivity (Wildman–Crippen MR) is 83.3 cm³/mol. The van der Waals surface area contributed by atoms with Crippen LogP contribution in [0.1, 0.15) is 25.7 Å². The molecular formula is C17H20N2O2. The lowest BCUT2D eigenvalue weighted by Gasteiger charge is -2.26. The number of carboxylic acid groups (broad SMARTS) is 1. The van der Waals surface area contributed by atoms with E-state index in [2.05, 4.69) is 16.4 Å². The fourth-order valence-corrected chi connectivity index (χ4v) is 3.12. The molecule has 1 aromatic heterocycles. The first-order chi connectivity index (χ1) is 10.2. The highest BCUT2D eigenvalue weighted by atomic mass is 16.4. The lowest BCUT2D eigenvalue weighted by Crippen LogP contribution is -2.25. The number of carboxylic acids is 1. The monoisotopic (exact) mass is 284 g/mol. The fourth-order valence-electron chi connectivity index (χ4n) is 3.12. The van der Waals surface area contributed by atoms with Crippen molar-refractivity contribution in [3.05, 3.63) is 36.5 Å². The van der Waals surface area contributed by atoms with E-state index in [0.717, 1.165) is 48.8 Å². The van der Waals surface area contributed by atoms with Crippen LogP contribution in [0.5, 0.6) is 0 Å². The number of para-hydroxylation sites is 1. The van der Waals surface area contributed by atoms with Gasteiger partial charge in [0.15, 0.2) is 0 Å². The summed E-state index contributed by atoms with van der Waals surface area (Å²) in [4.78, 5) is 15.3. The minimum absolute atomic E-state index is 0.136. The SMILES string of the molecule is O=C(O)C1CCC(CNc2ccnc3ccccc23)CC1. The van der Waals surface area contributed by atoms with E-state index in [4.69, 9.17) is 5.11 Å². The number of nitrogens with zero attached hydrogens (tertiary/aromatic N) is 1. The number of anilines is 1. The zero-order valence-electron chi connectivity index (χ0n) is 12.0. The maximum Gasteiger partial charge on any atom is 0.306 e. The number of pyridine rings is 1. The Morgan fingerprint density at radius 3 is 2.71 bits per heavy atom. The molecule has 0 amide bonds. The number of hydrogen-bond donors (Lipinski definition) is 2. The molecule has 0 spiro atoms. The predicted octanol–water partition coefficient (Wildman–Crippen LogP) is 3.54. The summed E-state index contributed by atoms with van der Waals surface area (Å²) in [6.45, 7) is 0.903. The molecule has 1 fully saturated rings. The van der Waals surface area contributed by atoms with Crippen LogP contribution in [0.4, 0.5) is 5.69 Å². The van der Waals surface area contributed by atoms with E-state index in [-0.39, 0.29) is 5.92 Å². The standard InChI is InChI=1S/C17H20N2O2/c20-17(21)13-7-5-12(6-8-13)11-19-16-9-10-18-15-4-2-1-3-14(15)16/h1-4,9-10,12-13H,5-8,11H2,(H,18,19)(H,20,21). The second-order valence-electron chi connectivity index (χ2n) is 5.81. The molecule has 4 heteroatoms. The molecule has 1 saturated carbocycles. The van der Waals surface area contributed by atoms with Gasteiger partial charge >= 0.3 is 5.97 Å². The Labute approximate surface area is 124 Å². The Hall–Kier alpha value is -2.10. The van der Waals surface area contributed by atoms with Gasteiger partial charge in [-0.05, 0) is 43.7 Å². The molecule has 1 aromatic carbocycles. The Kier molecular flexibility index (Phi) is 4.04. The molecule has 1 aliphatic carbocycles. The summed E-state index contributed by atoms with van der Waals surface area (Å²) in [5.74, 6) is -0.211. The minimum Gasteiger partial charge on any atom is -0.481 e. The van der Waals surface area contributed by atoms with Gasteiger partial charge in [0.05, 0.1) is 11.4 Å². The van der Waals surface area contributed by atoms with Crippen LogP contribution in [-0.4, -0.2) is 22.6 Å². The Morgan fingerprint density at radius 2 is 1.95 bits per heavy atom. The summed E-state index contributed by atoms with van der Waals surface area (Å²) in [7, 11) is 0. The van der Waals surface area contributed by atoms with E-state index in [1.54, 1.807) is 0 Å². The number of rotatable bonds is 4. The summed E-state index contributed by atoms with van der Waals surface area (Å²) >= 11 is 0. The summed E-state index contributed by atoms with van der Waals surface area (Å²) in [6, 6.07) is 10.1. The minimum atomic E-state index is -0.637. The molecular weight excluding hydrogens is 264 g/mol. The van der Waals surface area contributed by atoms with Gasteiger partial charge in [-0.2, -0.15) is 0 Å². The first-order valence-electron chi connectivity index (χ1n) is 7.54. The normalized spacial score (nSPS) is 22.1. The number of aromatic nitrogens is 1. The lowest BCUT2D eigenvalue weighted by atomic mass is 9.82. The van der Waals surface area contributed by atoms with Crippen molar-refractivity contribution < 1.29 is 9.90 Å². The van der Waals surface area contributed by atoms with Gasteiger partial charge in [-0.1, -0.05) is 18.2 Å². The first-order valence-corrected chi connectivity index (χ1v) is 7.54. The topological polar surface area (TPSA) is 62.2 Å². The number of carbonyl (C=O) groups is 1. The zero-order valence-corrected chi connectivity index (χ0v) is 12.0. The van der Waals surface area contributed by atoms with Crippen LogP contribution in [0, 0.1) is 11.8 Å². The second-order valence-corrected chi connectivity index (χ2v) is 5.81. The van der Waals surface area contributed by atoms with E-state index in [1.165, 1.54) is 0 Å². The maximum absolute atomic E-state index is 11.0. The van der Waals surface area contributed by atoms with Crippen molar-refractivity contribution in [1.82, 2.24) is 4.98 Å². The van der Waals surface area contributed by atoms with Crippen LogP contribution in [-0.2, 0) is 4.79 Å². The van der Waals surface area contributed by atoms with E-state index >= 15 is 0 Å². The molecule has 3 rings (SSSR count). The van der Waals surface area contributed by atoms with Crippen molar-refractivity contribution in [3.63, 3.8) is 0 Å². The molecule has 21 heavy (non-hydrogen) atoms. The van der Waals surface area contributed by atoms with Gasteiger partial charge in [-0.25, -0.2) is 0 Å². The molecule has 0 aliphatic heterocycles. The Bertz CT molecular complexity index is 628. The molecule has 4 nitrogen and oxygen atoms in total. The second kappa shape index (κ2) is 6.12. The van der Waals surface area contributed by atoms with Crippen molar-refractivity contribution in [2.75, 3.05) is 11.9 Å². The van der Waals surface area contributed by atoms with Gasteiger partial charge in [0.2, 0.25) is 0 Å². The smallest absolute Gasteiger partial charge is 0.306 e. The highest BCUT2D eigenvalue weighted by Crippen LogP contribution is 2.30. The van der Waals surface area contributed by atoms with Gasteiger partial charge in [0, 0.05) is 23.8 Å². The molecule has 0 atom stereocenters. The van der Waals surface area contributed by atoms with Crippen LogP contribution >= 0.6 is 0 Å². The van der Waals surface area contributed by atoms with Crippen LogP contribution < -0.4 is 5.32 Å². The molecule has 0 saturated heterocycles. The van der Waals surface area contributed by atoms with Crippen molar-refractivity contribution in [1.29, 1.82) is 0 Å². The number of hydrogen-bond acceptors (Lipinski definition) is 3. The average molecular weight is 284 g/mol. The van der Waals surface area contributed by atoms with Crippen LogP contribution in [0.25, 0.3) is 10.9 Å². The van der Waals surface area contributed by atoms with Crippen molar-refractivity contribution >= 4 is 22.6 Å². The molecule has 1 heterocycles. The summed E-state index contributed by atoms with van der Waals surface area (Å²) in [6.07, 6.45) is 5.42. The third kappa shape index (κ3) is 3.15. The van der Waals surface area contributed by atoms with E-state index < -0.39 is 5.97 Å².